The van der Waals surface area contributed by atoms with E-state index < -0.39 is 23.1 Å². The van der Waals surface area contributed by atoms with Gasteiger partial charge in [0.05, 0.1) is 41.5 Å². The van der Waals surface area contributed by atoms with Crippen LogP contribution in [0.5, 0.6) is 5.75 Å². The summed E-state index contributed by atoms with van der Waals surface area (Å²) < 4.78 is 47.6. The molecule has 34 heavy (non-hydrogen) atoms. The first-order valence-electron chi connectivity index (χ1n) is 10.4. The average Bonchev–Trinajstić information content (AvgIpc) is 3.21. The number of methoxy groups -OCH3 is 1. The third kappa shape index (κ3) is 4.57. The molecule has 1 aromatic carbocycles. The summed E-state index contributed by atoms with van der Waals surface area (Å²) >= 11 is 0. The van der Waals surface area contributed by atoms with Gasteiger partial charge >= 0.3 is 6.18 Å². The zero-order valence-corrected chi connectivity index (χ0v) is 18.9. The Morgan fingerprint density at radius 1 is 1.06 bits per heavy atom. The van der Waals surface area contributed by atoms with Gasteiger partial charge in [0.1, 0.15) is 5.75 Å². The Morgan fingerprint density at radius 2 is 1.82 bits per heavy atom. The zero-order chi connectivity index (χ0) is 24.7. The molecule has 10 heteroatoms. The number of hydrogen-bond donors (Lipinski definition) is 1. The number of anilines is 1. The molecule has 7 nitrogen and oxygen atoms in total. The Morgan fingerprint density at radius 3 is 2.50 bits per heavy atom. The van der Waals surface area contributed by atoms with Crippen LogP contribution < -0.4 is 10.1 Å². The Kier molecular flexibility index (Phi) is 5.76. The van der Waals surface area contributed by atoms with Gasteiger partial charge in [0.2, 0.25) is 5.91 Å². The predicted molar refractivity (Wildman–Crippen MR) is 121 cm³/mol. The number of aromatic nitrogens is 4. The average molecular weight is 469 g/mol. The molecular weight excluding hydrogens is 447 g/mol. The van der Waals surface area contributed by atoms with Crippen LogP contribution in [0.1, 0.15) is 26.3 Å². The first-order chi connectivity index (χ1) is 16.0. The van der Waals surface area contributed by atoms with Crippen molar-refractivity contribution in [3.8, 4) is 28.3 Å². The van der Waals surface area contributed by atoms with Gasteiger partial charge in [-0.3, -0.25) is 9.78 Å². The molecule has 0 spiro atoms. The van der Waals surface area contributed by atoms with E-state index in [1.165, 1.54) is 16.6 Å². The van der Waals surface area contributed by atoms with Gasteiger partial charge in [-0.1, -0.05) is 26.8 Å². The number of rotatable bonds is 4. The molecule has 1 amide bonds. The summed E-state index contributed by atoms with van der Waals surface area (Å²) in [5.41, 5.74) is 0.469. The highest BCUT2D eigenvalue weighted by atomic mass is 19.4. The standard InChI is InChI=1S/C24H22F3N5O2/c1-23(2,3)22(33)30-18-11-14(5-6-16(18)24(25,26)27)19-13-32-21(29-19)8-7-17(31-32)15-12-28-10-9-20(15)34-4/h5-13H,1-4H3,(H,30,33). The van der Waals surface area contributed by atoms with Crippen LogP contribution in [0, 0.1) is 5.41 Å². The van der Waals surface area contributed by atoms with E-state index in [0.29, 0.717) is 33.9 Å². The molecular formula is C24H22F3N5O2. The molecule has 0 radical (unpaired) electrons. The van der Waals surface area contributed by atoms with Gasteiger partial charge in [-0.2, -0.15) is 18.3 Å². The van der Waals surface area contributed by atoms with E-state index >= 15 is 0 Å². The maximum atomic E-state index is 13.6. The molecule has 0 saturated carbocycles. The number of hydrogen-bond acceptors (Lipinski definition) is 5. The lowest BCUT2D eigenvalue weighted by atomic mass is 9.95. The molecule has 0 aliphatic rings. The molecule has 0 bridgehead atoms. The largest absolute Gasteiger partial charge is 0.496 e. The van der Waals surface area contributed by atoms with Crippen molar-refractivity contribution in [2.45, 2.75) is 26.9 Å². The van der Waals surface area contributed by atoms with E-state index in [1.807, 2.05) is 0 Å². The molecule has 0 atom stereocenters. The summed E-state index contributed by atoms with van der Waals surface area (Å²) in [4.78, 5) is 21.0. The van der Waals surface area contributed by atoms with Gasteiger partial charge < -0.3 is 10.1 Å². The minimum Gasteiger partial charge on any atom is -0.496 e. The van der Waals surface area contributed by atoms with E-state index in [0.717, 1.165) is 6.07 Å². The lowest BCUT2D eigenvalue weighted by Crippen LogP contribution is -2.28. The van der Waals surface area contributed by atoms with E-state index in [9.17, 15) is 18.0 Å². The number of carbonyl (C=O) groups excluding carboxylic acids is 1. The lowest BCUT2D eigenvalue weighted by molar-refractivity contribution is -0.137. The third-order valence-electron chi connectivity index (χ3n) is 5.15. The monoisotopic (exact) mass is 469 g/mol. The topological polar surface area (TPSA) is 81.4 Å². The second kappa shape index (κ2) is 8.44. The minimum absolute atomic E-state index is 0.323. The molecule has 4 rings (SSSR count). The summed E-state index contributed by atoms with van der Waals surface area (Å²) in [6, 6.07) is 8.76. The number of nitrogens with one attached hydrogen (secondary N) is 1. The maximum Gasteiger partial charge on any atom is 0.418 e. The minimum atomic E-state index is -4.63. The number of benzene rings is 1. The van der Waals surface area contributed by atoms with Crippen molar-refractivity contribution in [1.29, 1.82) is 0 Å². The SMILES string of the molecule is COc1ccncc1-c1ccc2nc(-c3ccc(C(F)(F)F)c(NC(=O)C(C)(C)C)c3)cn2n1. The van der Waals surface area contributed by atoms with Crippen molar-refractivity contribution in [1.82, 2.24) is 19.6 Å². The maximum absolute atomic E-state index is 13.6. The van der Waals surface area contributed by atoms with Crippen LogP contribution in [0.4, 0.5) is 18.9 Å². The normalized spacial score (nSPS) is 12.1. The smallest absolute Gasteiger partial charge is 0.418 e. The van der Waals surface area contributed by atoms with Crippen molar-refractivity contribution in [2.75, 3.05) is 12.4 Å². The first kappa shape index (κ1) is 23.2. The first-order valence-corrected chi connectivity index (χ1v) is 10.4. The van der Waals surface area contributed by atoms with Crippen molar-refractivity contribution in [3.05, 3.63) is 60.6 Å². The number of carbonyl (C=O) groups is 1. The highest BCUT2D eigenvalue weighted by Gasteiger charge is 2.35. The number of halogens is 3. The fraction of sp³-hybridized carbons (Fsp3) is 0.250. The molecule has 0 aliphatic heterocycles. The zero-order valence-electron chi connectivity index (χ0n) is 18.9. The lowest BCUT2D eigenvalue weighted by Gasteiger charge is -2.20. The summed E-state index contributed by atoms with van der Waals surface area (Å²) in [5, 5.41) is 6.96. The molecule has 3 heterocycles. The second-order valence-corrected chi connectivity index (χ2v) is 8.69. The van der Waals surface area contributed by atoms with Crippen LogP contribution in [0.3, 0.4) is 0 Å². The number of fused-ring (bicyclic) bond motifs is 1. The molecule has 176 valence electrons. The van der Waals surface area contributed by atoms with Crippen molar-refractivity contribution >= 4 is 17.2 Å². The van der Waals surface area contributed by atoms with Crippen LogP contribution >= 0.6 is 0 Å². The summed E-state index contributed by atoms with van der Waals surface area (Å²) in [7, 11) is 1.55. The number of amides is 1. The Labute approximate surface area is 193 Å². The van der Waals surface area contributed by atoms with E-state index in [2.05, 4.69) is 20.4 Å². The van der Waals surface area contributed by atoms with Crippen LogP contribution in [0.2, 0.25) is 0 Å². The molecule has 3 aromatic heterocycles. The number of ether oxygens (including phenoxy) is 1. The van der Waals surface area contributed by atoms with Crippen LogP contribution in [0.25, 0.3) is 28.2 Å². The highest BCUT2D eigenvalue weighted by Crippen LogP contribution is 2.38. The Balaban J connectivity index is 1.76. The molecule has 0 fully saturated rings. The molecule has 0 saturated heterocycles. The number of nitrogens with zero attached hydrogens (tertiary/aromatic N) is 4. The van der Waals surface area contributed by atoms with Crippen molar-refractivity contribution in [3.63, 3.8) is 0 Å². The predicted octanol–water partition coefficient (Wildman–Crippen LogP) is 5.47. The fourth-order valence-electron chi connectivity index (χ4n) is 3.28. The van der Waals surface area contributed by atoms with Gasteiger partial charge in [0, 0.05) is 23.4 Å². The fourth-order valence-corrected chi connectivity index (χ4v) is 3.28. The van der Waals surface area contributed by atoms with Crippen molar-refractivity contribution in [2.24, 2.45) is 5.41 Å². The Bertz CT molecular complexity index is 1370. The van der Waals surface area contributed by atoms with Gasteiger partial charge in [-0.15, -0.1) is 0 Å². The Hall–Kier alpha value is -3.95. The molecule has 0 aliphatic carbocycles. The van der Waals surface area contributed by atoms with Gasteiger partial charge in [-0.25, -0.2) is 9.50 Å². The number of pyridine rings is 1. The highest BCUT2D eigenvalue weighted by molar-refractivity contribution is 5.96. The third-order valence-corrected chi connectivity index (χ3v) is 5.15. The van der Waals surface area contributed by atoms with Gasteiger partial charge in [0.25, 0.3) is 0 Å². The van der Waals surface area contributed by atoms with Gasteiger partial charge in [0.15, 0.2) is 5.65 Å². The molecule has 1 N–H and O–H groups in total. The van der Waals surface area contributed by atoms with E-state index in [4.69, 9.17) is 4.74 Å². The van der Waals surface area contributed by atoms with E-state index in [1.54, 1.807) is 64.7 Å². The van der Waals surface area contributed by atoms with E-state index in [-0.39, 0.29) is 5.69 Å². The second-order valence-electron chi connectivity index (χ2n) is 8.69. The van der Waals surface area contributed by atoms with Crippen LogP contribution in [-0.2, 0) is 11.0 Å². The van der Waals surface area contributed by atoms with Crippen LogP contribution in [0.15, 0.2) is 55.0 Å². The number of alkyl halides is 3. The molecule has 4 aromatic rings. The quantitative estimate of drug-likeness (QED) is 0.429. The summed E-state index contributed by atoms with van der Waals surface area (Å²) in [5.74, 6) is 0.0750. The van der Waals surface area contributed by atoms with Gasteiger partial charge in [-0.05, 0) is 30.3 Å². The van der Waals surface area contributed by atoms with Crippen LogP contribution in [-0.4, -0.2) is 32.6 Å². The summed E-state index contributed by atoms with van der Waals surface area (Å²) in [6.07, 6.45) is 0.221. The molecule has 0 unspecified atom stereocenters. The number of imidazole rings is 1. The van der Waals surface area contributed by atoms with Crippen molar-refractivity contribution < 1.29 is 22.7 Å². The summed E-state index contributed by atoms with van der Waals surface area (Å²) in [6.45, 7) is 4.88.